The molecule has 1 fully saturated rings. The van der Waals surface area contributed by atoms with Crippen molar-refractivity contribution in [1.29, 1.82) is 0 Å². The summed E-state index contributed by atoms with van der Waals surface area (Å²) in [6.07, 6.45) is 0.791. The van der Waals surface area contributed by atoms with Crippen molar-refractivity contribution in [3.8, 4) is 43.4 Å². The lowest BCUT2D eigenvalue weighted by atomic mass is 9.86. The zero-order valence-corrected chi connectivity index (χ0v) is 55.9. The van der Waals surface area contributed by atoms with Crippen molar-refractivity contribution in [2.45, 2.75) is 122 Å². The molecule has 10 bridgehead atoms. The van der Waals surface area contributed by atoms with Gasteiger partial charge in [0.25, 0.3) is 17.7 Å². The Labute approximate surface area is 557 Å². The number of urea groups is 1. The topological polar surface area (TPSA) is 375 Å². The maximum absolute atomic E-state index is 14.5. The number of unbranched alkanes of at least 4 members (excludes halogenated alkanes) is 2. The summed E-state index contributed by atoms with van der Waals surface area (Å²) in [7, 11) is 3.03. The number of carboxylic acid groups (broad SMARTS) is 2. The van der Waals surface area contributed by atoms with Crippen molar-refractivity contribution in [2.75, 3.05) is 32.1 Å². The number of aliphatic carboxylic acids is 2. The zero-order valence-electron chi connectivity index (χ0n) is 51.0. The lowest BCUT2D eigenvalue weighted by molar-refractivity contribution is -0.143. The van der Waals surface area contributed by atoms with Crippen LogP contribution in [-0.2, 0) is 25.7 Å². The van der Waals surface area contributed by atoms with Gasteiger partial charge < -0.3 is 51.7 Å². The standard InChI is InChI=1S/C61H68N14O12S6/c1-29(2)45-59-74-48(40(93-59)24-87-5)52(82)63-23-43(77)71-49(50(80)31-12-8-6-9-13-31)58-69-39(27-90-58)56-67-37(25-89-56)47-34(54-68-38(26-88-54)51(81)66-36(22-42(76)62-4)57-73-46(30(3)92-57)53(83)72-45)19-20-35(65-47)55-70-41(28-91-55)75(21-11-7-10-14-44(78)79)61(86)64-33-17-15-32(16-18-33)60(84)85/h6,8-9,12-13,19-20,25-29,32-33,36,42,45,49-50,62,76,80H,7,10-11,14-18,21-24H2,1-5H3,(H,63,82)(H,64,86)(H,66,81)(H,71,77)(H,72,83)(H,78,79)(H,84,85)/t32?,33?,36-,42?,45?,49-,50-/m0/s1. The van der Waals surface area contributed by atoms with Gasteiger partial charge in [0, 0.05) is 64.5 Å². The first-order valence-corrected chi connectivity index (χ1v) is 35.0. The van der Waals surface area contributed by atoms with Crippen molar-refractivity contribution < 1.29 is 58.7 Å². The van der Waals surface area contributed by atoms with Crippen LogP contribution < -0.4 is 36.8 Å². The number of carbonyl (C=O) groups is 7. The van der Waals surface area contributed by atoms with E-state index in [2.05, 4.69) is 31.9 Å². The summed E-state index contributed by atoms with van der Waals surface area (Å²) in [5.41, 5.74) is 2.60. The summed E-state index contributed by atoms with van der Waals surface area (Å²) in [4.78, 5) is 131. The van der Waals surface area contributed by atoms with Gasteiger partial charge in [0.2, 0.25) is 5.91 Å². The third-order valence-corrected chi connectivity index (χ3v) is 21.3. The number of benzene rings is 1. The molecule has 10 N–H and O–H groups in total. The van der Waals surface area contributed by atoms with Gasteiger partial charge in [0.05, 0.1) is 41.7 Å². The van der Waals surface area contributed by atoms with E-state index in [9.17, 15) is 54.0 Å². The maximum Gasteiger partial charge on any atom is 0.323 e. The average Bonchev–Trinajstić information content (AvgIpc) is 1.75. The van der Waals surface area contributed by atoms with Crippen molar-refractivity contribution in [2.24, 2.45) is 11.8 Å². The molecule has 8 heterocycles. The minimum atomic E-state index is -1.30. The lowest BCUT2D eigenvalue weighted by Gasteiger charge is -2.29. The van der Waals surface area contributed by atoms with Crippen molar-refractivity contribution in [1.82, 2.24) is 66.8 Å². The molecule has 5 atom stereocenters. The number of nitrogens with zero attached hydrogens (tertiary/aromatic N) is 8. The number of pyridine rings is 1. The van der Waals surface area contributed by atoms with Crippen LogP contribution in [0.1, 0.15) is 158 Å². The van der Waals surface area contributed by atoms with Gasteiger partial charge in [-0.2, -0.15) is 0 Å². The minimum absolute atomic E-state index is 0.00433. The molecule has 8 aromatic rings. The molecule has 7 aromatic heterocycles. The first-order valence-electron chi connectivity index (χ1n) is 29.9. The Kier molecular flexibility index (Phi) is 22.6. The average molecular weight is 1380 g/mol. The normalized spacial score (nSPS) is 18.8. The molecule has 1 saturated carbocycles. The molecule has 1 aliphatic heterocycles. The largest absolute Gasteiger partial charge is 0.481 e. The van der Waals surface area contributed by atoms with E-state index in [-0.39, 0.29) is 55.0 Å². The highest BCUT2D eigenvalue weighted by Crippen LogP contribution is 2.41. The summed E-state index contributed by atoms with van der Waals surface area (Å²) >= 11 is 7.18. The fraction of sp³-hybridized carbons (Fsp3) is 0.410. The summed E-state index contributed by atoms with van der Waals surface area (Å²) in [6, 6.07) is 8.84. The van der Waals surface area contributed by atoms with Crippen LogP contribution in [-0.4, -0.2) is 136 Å². The number of amides is 6. The molecule has 490 valence electrons. The number of carbonyl (C=O) groups excluding carboxylic acids is 5. The number of aryl methyl sites for hydroxylation is 1. The van der Waals surface area contributed by atoms with Crippen LogP contribution in [0, 0.1) is 18.8 Å². The van der Waals surface area contributed by atoms with Crippen molar-refractivity contribution >= 4 is 115 Å². The highest BCUT2D eigenvalue weighted by atomic mass is 32.1. The molecule has 2 unspecified atom stereocenters. The fourth-order valence-electron chi connectivity index (χ4n) is 10.6. The third kappa shape index (κ3) is 16.5. The number of methoxy groups -OCH3 is 1. The Bertz CT molecular complexity index is 3990. The molecule has 32 heteroatoms. The predicted octanol–water partition coefficient (Wildman–Crippen LogP) is 8.91. The van der Waals surface area contributed by atoms with Crippen LogP contribution in [0.2, 0.25) is 0 Å². The molecule has 2 aliphatic rings. The number of anilines is 1. The molecule has 1 aliphatic carbocycles. The number of thiazole rings is 6. The van der Waals surface area contributed by atoms with E-state index in [1.807, 2.05) is 13.8 Å². The molecule has 0 spiro atoms. The van der Waals surface area contributed by atoms with E-state index < -0.39 is 84.5 Å². The number of hydrogen-bond donors (Lipinski definition) is 10. The third-order valence-electron chi connectivity index (χ3n) is 15.6. The SMILES string of the molecule is CNC(O)C[C@@H]1NC(=O)c2csc(n2)-c2ccc(-c3nc(N(CCCCCC(=O)O)C(=O)NC4CCC(C(=O)O)CC4)cs3)nc2-c2csc(n2)-c2csc(n2)[C@H]([C@@H](O)c2ccccc2)NC(=O)CNC(=O)c2nc(sc2COC)C(C(C)C)NC(=O)c2nc1sc2C. The number of carboxylic acids is 2. The molecule has 0 radical (unpaired) electrons. The van der Waals surface area contributed by atoms with E-state index in [0.717, 1.165) is 0 Å². The second-order valence-corrected chi connectivity index (χ2v) is 28.3. The van der Waals surface area contributed by atoms with E-state index >= 15 is 0 Å². The Morgan fingerprint density at radius 2 is 1.40 bits per heavy atom. The number of fused-ring (bicyclic) bond motifs is 14. The van der Waals surface area contributed by atoms with E-state index in [0.29, 0.717) is 124 Å². The number of aromatic nitrogens is 7. The number of nitrogens with one attached hydrogen (secondary N) is 6. The molecule has 26 nitrogen and oxygen atoms in total. The molecular weight excluding hydrogens is 1310 g/mol. The molecule has 6 amide bonds. The van der Waals surface area contributed by atoms with Gasteiger partial charge in [-0.3, -0.25) is 39.0 Å². The Morgan fingerprint density at radius 3 is 2.13 bits per heavy atom. The first-order chi connectivity index (χ1) is 44.7. The van der Waals surface area contributed by atoms with Gasteiger partial charge >= 0.3 is 18.0 Å². The monoisotopic (exact) mass is 1380 g/mol. The van der Waals surface area contributed by atoms with E-state index in [1.165, 1.54) is 80.0 Å². The maximum atomic E-state index is 14.5. The van der Waals surface area contributed by atoms with Crippen molar-refractivity contribution in [3.63, 3.8) is 0 Å². The predicted molar refractivity (Wildman–Crippen MR) is 353 cm³/mol. The second kappa shape index (κ2) is 30.9. The Morgan fingerprint density at radius 1 is 0.688 bits per heavy atom. The first kappa shape index (κ1) is 68.0. The number of aliphatic hydroxyl groups excluding tert-OH is 2. The van der Waals surface area contributed by atoms with E-state index in [1.54, 1.807) is 78.0 Å². The van der Waals surface area contributed by atoms with Gasteiger partial charge in [0.1, 0.15) is 88.4 Å². The highest BCUT2D eigenvalue weighted by molar-refractivity contribution is 7.15. The van der Waals surface area contributed by atoms with Gasteiger partial charge in [-0.25, -0.2) is 39.7 Å². The fourth-order valence-corrected chi connectivity index (χ4v) is 16.1. The van der Waals surface area contributed by atoms with Crippen molar-refractivity contribution in [3.05, 3.63) is 111 Å². The molecule has 93 heavy (non-hydrogen) atoms. The molecule has 0 saturated heterocycles. The molecule has 1 aromatic carbocycles. The van der Waals surface area contributed by atoms with Crippen LogP contribution >= 0.6 is 68.0 Å². The minimum Gasteiger partial charge on any atom is -0.481 e. The number of rotatable bonds is 18. The van der Waals surface area contributed by atoms with Gasteiger partial charge in [-0.05, 0) is 76.1 Å². The van der Waals surface area contributed by atoms with Gasteiger partial charge in [-0.15, -0.1) is 68.0 Å². The number of ether oxygens (including phenoxy) is 1. The van der Waals surface area contributed by atoms with E-state index in [4.69, 9.17) is 39.6 Å². The van der Waals surface area contributed by atoms with Crippen LogP contribution in [0.25, 0.3) is 43.4 Å². The van der Waals surface area contributed by atoms with Gasteiger partial charge in [-0.1, -0.05) is 50.6 Å². The molecular formula is C61H68N14O12S6. The summed E-state index contributed by atoms with van der Waals surface area (Å²) in [6.45, 7) is 5.18. The molecule has 10 rings (SSSR count). The summed E-state index contributed by atoms with van der Waals surface area (Å²) < 4.78 is 5.47. The quantitative estimate of drug-likeness (QED) is 0.0283. The summed E-state index contributed by atoms with van der Waals surface area (Å²) in [5, 5.41) is 68.5. The summed E-state index contributed by atoms with van der Waals surface area (Å²) in [5.74, 6) is -4.66. The smallest absolute Gasteiger partial charge is 0.323 e. The Hall–Kier alpha value is -7.92. The Balaban J connectivity index is 1.03. The number of hydrogen-bond acceptors (Lipinski definition) is 24. The second-order valence-electron chi connectivity index (χ2n) is 22.5. The van der Waals surface area contributed by atoms with Gasteiger partial charge in [0.15, 0.2) is 0 Å². The highest BCUT2D eigenvalue weighted by Gasteiger charge is 2.34. The van der Waals surface area contributed by atoms with Crippen LogP contribution in [0.4, 0.5) is 10.6 Å². The van der Waals surface area contributed by atoms with Crippen LogP contribution in [0.3, 0.4) is 0 Å². The van der Waals surface area contributed by atoms with Crippen LogP contribution in [0.15, 0.2) is 64.0 Å². The zero-order chi connectivity index (χ0) is 66.0. The van der Waals surface area contributed by atoms with Crippen LogP contribution in [0.5, 0.6) is 0 Å². The number of aliphatic hydroxyl groups is 2. The lowest BCUT2D eigenvalue weighted by Crippen LogP contribution is -2.47.